The van der Waals surface area contributed by atoms with Crippen molar-refractivity contribution >= 4 is 23.5 Å². The summed E-state index contributed by atoms with van der Waals surface area (Å²) in [6.45, 7) is 0.826. The standard InChI is InChI=1S/C12H14O2S2/c1-2-9(13-7-11-8-16-11)6-10(3-1)14-12-4-5-15-12/h1-3,6,11-12H,4-5,7-8H2. The smallest absolute Gasteiger partial charge is 0.145 e. The summed E-state index contributed by atoms with van der Waals surface area (Å²) in [6.07, 6.45) is 1.16. The Balaban J connectivity index is 1.57. The van der Waals surface area contributed by atoms with Gasteiger partial charge in [-0.1, -0.05) is 6.07 Å². The predicted octanol–water partition coefficient (Wildman–Crippen LogP) is 3.02. The zero-order valence-corrected chi connectivity index (χ0v) is 10.6. The molecule has 4 heteroatoms. The van der Waals surface area contributed by atoms with E-state index in [4.69, 9.17) is 9.47 Å². The summed E-state index contributed by atoms with van der Waals surface area (Å²) >= 11 is 3.82. The molecule has 2 atom stereocenters. The summed E-state index contributed by atoms with van der Waals surface area (Å²) in [5.74, 6) is 4.32. The van der Waals surface area contributed by atoms with Crippen molar-refractivity contribution in [2.45, 2.75) is 17.1 Å². The predicted molar refractivity (Wildman–Crippen MR) is 69.7 cm³/mol. The molecular formula is C12H14O2S2. The minimum Gasteiger partial charge on any atom is -0.492 e. The lowest BCUT2D eigenvalue weighted by Crippen LogP contribution is -2.22. The molecule has 2 aliphatic heterocycles. The Morgan fingerprint density at radius 2 is 2.06 bits per heavy atom. The Morgan fingerprint density at radius 1 is 1.25 bits per heavy atom. The average molecular weight is 254 g/mol. The van der Waals surface area contributed by atoms with Crippen LogP contribution in [0, 0.1) is 0 Å². The first-order valence-electron chi connectivity index (χ1n) is 5.53. The molecule has 2 unspecified atom stereocenters. The fourth-order valence-corrected chi connectivity index (χ4v) is 2.45. The minimum atomic E-state index is 0.356. The van der Waals surface area contributed by atoms with Crippen molar-refractivity contribution in [3.05, 3.63) is 24.3 Å². The highest BCUT2D eigenvalue weighted by Gasteiger charge is 2.23. The number of hydrogen-bond acceptors (Lipinski definition) is 4. The molecule has 16 heavy (non-hydrogen) atoms. The maximum atomic E-state index is 5.79. The highest BCUT2D eigenvalue weighted by molar-refractivity contribution is 8.06. The van der Waals surface area contributed by atoms with Gasteiger partial charge in [0.05, 0.1) is 0 Å². The number of benzene rings is 1. The van der Waals surface area contributed by atoms with Crippen LogP contribution in [-0.4, -0.2) is 28.8 Å². The number of ether oxygens (including phenoxy) is 2. The molecule has 1 aromatic rings. The summed E-state index contributed by atoms with van der Waals surface area (Å²) in [5, 5.41) is 0.715. The molecule has 0 aliphatic carbocycles. The van der Waals surface area contributed by atoms with Crippen LogP contribution in [-0.2, 0) is 0 Å². The molecule has 2 aliphatic rings. The molecule has 0 radical (unpaired) electrons. The monoisotopic (exact) mass is 254 g/mol. The molecule has 0 aromatic heterocycles. The van der Waals surface area contributed by atoms with Gasteiger partial charge >= 0.3 is 0 Å². The third-order valence-electron chi connectivity index (χ3n) is 2.57. The minimum absolute atomic E-state index is 0.356. The summed E-state index contributed by atoms with van der Waals surface area (Å²) in [5.41, 5.74) is 0.356. The van der Waals surface area contributed by atoms with Crippen LogP contribution >= 0.6 is 23.5 Å². The summed E-state index contributed by atoms with van der Waals surface area (Å²) < 4.78 is 11.5. The molecule has 0 N–H and O–H groups in total. The van der Waals surface area contributed by atoms with Crippen LogP contribution in [0.2, 0.25) is 0 Å². The molecule has 0 bridgehead atoms. The Labute approximate surface area is 104 Å². The normalized spacial score (nSPS) is 27.0. The third kappa shape index (κ3) is 2.80. The summed E-state index contributed by atoms with van der Waals surface area (Å²) in [7, 11) is 0. The van der Waals surface area contributed by atoms with E-state index in [0.29, 0.717) is 10.7 Å². The van der Waals surface area contributed by atoms with Gasteiger partial charge in [0.15, 0.2) is 0 Å². The highest BCUT2D eigenvalue weighted by atomic mass is 32.2. The first-order chi connectivity index (χ1) is 7.90. The lowest BCUT2D eigenvalue weighted by molar-refractivity contribution is 0.268. The number of thioether (sulfide) groups is 2. The second kappa shape index (κ2) is 4.80. The summed E-state index contributed by atoms with van der Waals surface area (Å²) in [4.78, 5) is 0. The molecule has 0 amide bonds. The first kappa shape index (κ1) is 10.7. The largest absolute Gasteiger partial charge is 0.492 e. The molecule has 2 fully saturated rings. The third-order valence-corrected chi connectivity index (χ3v) is 4.68. The lowest BCUT2D eigenvalue weighted by Gasteiger charge is -2.25. The zero-order chi connectivity index (χ0) is 10.8. The molecule has 2 heterocycles. The van der Waals surface area contributed by atoms with Gasteiger partial charge in [-0.25, -0.2) is 0 Å². The molecular weight excluding hydrogens is 240 g/mol. The van der Waals surface area contributed by atoms with Gasteiger partial charge < -0.3 is 9.47 Å². The second-order valence-electron chi connectivity index (χ2n) is 3.95. The van der Waals surface area contributed by atoms with Gasteiger partial charge in [0.2, 0.25) is 0 Å². The zero-order valence-electron chi connectivity index (χ0n) is 8.93. The molecule has 0 spiro atoms. The van der Waals surface area contributed by atoms with E-state index in [1.807, 2.05) is 47.8 Å². The molecule has 1 aromatic carbocycles. The van der Waals surface area contributed by atoms with Crippen LogP contribution in [0.1, 0.15) is 6.42 Å². The Morgan fingerprint density at radius 3 is 2.75 bits per heavy atom. The van der Waals surface area contributed by atoms with E-state index < -0.39 is 0 Å². The van der Waals surface area contributed by atoms with Crippen LogP contribution in [0.25, 0.3) is 0 Å². The molecule has 2 nitrogen and oxygen atoms in total. The Kier molecular flexibility index (Phi) is 3.20. The van der Waals surface area contributed by atoms with Gasteiger partial charge in [0.25, 0.3) is 0 Å². The van der Waals surface area contributed by atoms with Crippen LogP contribution in [0.15, 0.2) is 24.3 Å². The van der Waals surface area contributed by atoms with Crippen molar-refractivity contribution in [3.63, 3.8) is 0 Å². The van der Waals surface area contributed by atoms with E-state index in [0.717, 1.165) is 24.5 Å². The number of rotatable bonds is 5. The van der Waals surface area contributed by atoms with E-state index in [1.165, 1.54) is 11.5 Å². The SMILES string of the molecule is c1cc(OCC2CS2)cc(OC2CCS2)c1. The van der Waals surface area contributed by atoms with E-state index in [1.54, 1.807) is 0 Å². The second-order valence-corrected chi connectivity index (χ2v) is 6.55. The van der Waals surface area contributed by atoms with Gasteiger partial charge in [-0.3, -0.25) is 0 Å². The fourth-order valence-electron chi connectivity index (χ4n) is 1.45. The maximum absolute atomic E-state index is 5.79. The van der Waals surface area contributed by atoms with Crippen molar-refractivity contribution in [2.24, 2.45) is 0 Å². The molecule has 0 saturated carbocycles. The maximum Gasteiger partial charge on any atom is 0.145 e. The van der Waals surface area contributed by atoms with Crippen molar-refractivity contribution < 1.29 is 9.47 Å². The van der Waals surface area contributed by atoms with Gasteiger partial charge in [0, 0.05) is 29.2 Å². The van der Waals surface area contributed by atoms with Gasteiger partial charge in [-0.15, -0.1) is 11.8 Å². The van der Waals surface area contributed by atoms with E-state index >= 15 is 0 Å². The Bertz CT molecular complexity index is 362. The molecule has 3 rings (SSSR count). The highest BCUT2D eigenvalue weighted by Crippen LogP contribution is 2.33. The lowest BCUT2D eigenvalue weighted by atomic mass is 10.3. The molecule has 86 valence electrons. The van der Waals surface area contributed by atoms with E-state index in [-0.39, 0.29) is 0 Å². The van der Waals surface area contributed by atoms with E-state index in [2.05, 4.69) is 0 Å². The van der Waals surface area contributed by atoms with Crippen LogP contribution < -0.4 is 9.47 Å². The van der Waals surface area contributed by atoms with Crippen LogP contribution in [0.3, 0.4) is 0 Å². The van der Waals surface area contributed by atoms with E-state index in [9.17, 15) is 0 Å². The fraction of sp³-hybridized carbons (Fsp3) is 0.500. The van der Waals surface area contributed by atoms with Crippen molar-refractivity contribution in [3.8, 4) is 11.5 Å². The van der Waals surface area contributed by atoms with Crippen LogP contribution in [0.5, 0.6) is 11.5 Å². The quantitative estimate of drug-likeness (QED) is 0.752. The van der Waals surface area contributed by atoms with Gasteiger partial charge in [-0.2, -0.15) is 11.8 Å². The van der Waals surface area contributed by atoms with Gasteiger partial charge in [-0.05, 0) is 12.1 Å². The van der Waals surface area contributed by atoms with Gasteiger partial charge in [0.1, 0.15) is 23.5 Å². The Hall–Kier alpha value is -0.480. The van der Waals surface area contributed by atoms with Crippen molar-refractivity contribution in [1.82, 2.24) is 0 Å². The number of hydrogen-bond donors (Lipinski definition) is 0. The van der Waals surface area contributed by atoms with Crippen molar-refractivity contribution in [1.29, 1.82) is 0 Å². The molecule has 2 saturated heterocycles. The topological polar surface area (TPSA) is 18.5 Å². The van der Waals surface area contributed by atoms with Crippen molar-refractivity contribution in [2.75, 3.05) is 18.1 Å². The first-order valence-corrected chi connectivity index (χ1v) is 7.63. The average Bonchev–Trinajstić information content (AvgIpc) is 3.05. The van der Waals surface area contributed by atoms with Crippen LogP contribution in [0.4, 0.5) is 0 Å². The summed E-state index contributed by atoms with van der Waals surface area (Å²) in [6, 6.07) is 7.98.